The number of hydrogen-bond acceptors (Lipinski definition) is 15. The topological polar surface area (TPSA) is 240 Å². The van der Waals surface area contributed by atoms with Crippen molar-refractivity contribution in [3.05, 3.63) is 58.0 Å². The number of ether oxygens (including phenoxy) is 4. The van der Waals surface area contributed by atoms with Crippen molar-refractivity contribution in [3.8, 4) is 23.0 Å². The third-order valence-corrected chi connectivity index (χ3v) is 12.0. The van der Waals surface area contributed by atoms with Gasteiger partial charge >= 0.3 is 11.8 Å². The molecule has 9 atom stereocenters. The standard InChI is InChI=1S/C43H58N4O13/c1-21-12-11-13-22(2)42(55)45-33-28(20-44-46-15-17-47(9,56)18-16-46)37(52)30-31(38(33)53)36(51)26(6)40-32(30)41(54)43(8,60-40)58-19-14-29(57-10)23(3)39(59-27(7)48)25(5)35(50)24(4)34(21)49/h11-14,19-21,23-25,29,34-35,39,49-53H,15-18H2,1-10H3,(H,45,55)/b12-11+,19-14+,22-13-,44-20?/t21-,23-,24+,25-,29-,34-,35+,39+,43-/m0/s1. The molecule has 5 bridgehead atoms. The van der Waals surface area contributed by atoms with Gasteiger partial charge in [-0.25, -0.2) is 0 Å². The van der Waals surface area contributed by atoms with Crippen LogP contribution in [0.1, 0.15) is 70.0 Å². The molecule has 0 radical (unpaired) electrons. The minimum atomic E-state index is -2.07. The maximum atomic E-state index is 14.4. The third kappa shape index (κ3) is 8.95. The first-order chi connectivity index (χ1) is 28.0. The number of fused-ring (bicyclic) bond motifs is 14. The molecule has 0 unspecified atom stereocenters. The van der Waals surface area contributed by atoms with Crippen LogP contribution >= 0.6 is 0 Å². The normalized spacial score (nSPS) is 32.3. The van der Waals surface area contributed by atoms with E-state index in [0.717, 1.165) is 0 Å². The minimum Gasteiger partial charge on any atom is -0.633 e. The van der Waals surface area contributed by atoms with E-state index in [2.05, 4.69) is 10.4 Å². The van der Waals surface area contributed by atoms with E-state index in [1.54, 1.807) is 51.9 Å². The molecule has 17 heteroatoms. The van der Waals surface area contributed by atoms with Crippen molar-refractivity contribution in [3.63, 3.8) is 0 Å². The fraction of sp³-hybridized carbons (Fsp3) is 0.535. The molecular weight excluding hydrogens is 780 g/mol. The number of likely N-dealkylation sites (N-methyl/N-ethyl adjacent to an activating group) is 1. The Kier molecular flexibility index (Phi) is 13.6. The first kappa shape index (κ1) is 45.9. The lowest BCUT2D eigenvalue weighted by Crippen LogP contribution is -2.52. The van der Waals surface area contributed by atoms with Crippen LogP contribution in [0.15, 0.2) is 41.2 Å². The van der Waals surface area contributed by atoms with Gasteiger partial charge in [-0.15, -0.1) is 0 Å². The number of amides is 1. The fourth-order valence-electron chi connectivity index (χ4n) is 8.00. The maximum absolute atomic E-state index is 14.4. The molecule has 1 fully saturated rings. The summed E-state index contributed by atoms with van der Waals surface area (Å²) < 4.78 is 23.1. The number of aromatic hydroxyl groups is 3. The van der Waals surface area contributed by atoms with Crippen molar-refractivity contribution in [1.82, 2.24) is 5.01 Å². The van der Waals surface area contributed by atoms with E-state index in [-0.39, 0.29) is 70.7 Å². The van der Waals surface area contributed by atoms with Crippen molar-refractivity contribution < 1.29 is 63.5 Å². The number of nitrogens with zero attached hydrogens (tertiary/aromatic N) is 3. The Morgan fingerprint density at radius 2 is 1.65 bits per heavy atom. The number of hydrazone groups is 1. The molecule has 0 spiro atoms. The quantitative estimate of drug-likeness (QED) is 0.0627. The number of carbonyl (C=O) groups is 3. The van der Waals surface area contributed by atoms with Crippen LogP contribution in [0.2, 0.25) is 0 Å². The zero-order valence-corrected chi connectivity index (χ0v) is 35.8. The van der Waals surface area contributed by atoms with Crippen molar-refractivity contribution >= 4 is 40.3 Å². The van der Waals surface area contributed by atoms with E-state index >= 15 is 0 Å². The molecule has 328 valence electrons. The van der Waals surface area contributed by atoms with Crippen molar-refractivity contribution in [1.29, 1.82) is 0 Å². The van der Waals surface area contributed by atoms with Crippen LogP contribution in [-0.4, -0.2) is 130 Å². The number of anilines is 1. The number of Topliss-reactive ketones (excluding diaryl/α,β-unsaturated/α-hetero) is 1. The van der Waals surface area contributed by atoms with Crippen LogP contribution in [0, 0.1) is 35.8 Å². The molecule has 6 rings (SSSR count). The number of carbonyl (C=O) groups excluding carboxylic acids is 3. The Morgan fingerprint density at radius 3 is 2.27 bits per heavy atom. The Morgan fingerprint density at radius 1 is 1.00 bits per heavy atom. The number of allylic oxidation sites excluding steroid dienone is 2. The zero-order chi connectivity index (χ0) is 44.6. The summed E-state index contributed by atoms with van der Waals surface area (Å²) >= 11 is 0. The van der Waals surface area contributed by atoms with Gasteiger partial charge in [-0.3, -0.25) is 19.4 Å². The number of nitrogens with one attached hydrogen (secondary N) is 1. The van der Waals surface area contributed by atoms with E-state index in [4.69, 9.17) is 18.9 Å². The Balaban J connectivity index is 1.70. The highest BCUT2D eigenvalue weighted by Gasteiger charge is 2.50. The number of rotatable bonds is 4. The number of methoxy groups -OCH3 is 1. The van der Waals surface area contributed by atoms with E-state index in [9.17, 15) is 45.1 Å². The van der Waals surface area contributed by atoms with Gasteiger partial charge in [0.1, 0.15) is 23.4 Å². The van der Waals surface area contributed by atoms with Crippen molar-refractivity contribution in [2.45, 2.75) is 85.6 Å². The summed E-state index contributed by atoms with van der Waals surface area (Å²) in [5.41, 5.74) is -0.581. The summed E-state index contributed by atoms with van der Waals surface area (Å²) in [5.74, 6) is -8.69. The van der Waals surface area contributed by atoms with E-state index in [0.29, 0.717) is 0 Å². The monoisotopic (exact) mass is 838 g/mol. The number of aliphatic hydroxyl groups excluding tert-OH is 2. The van der Waals surface area contributed by atoms with E-state index in [1.807, 2.05) is 0 Å². The number of esters is 1. The van der Waals surface area contributed by atoms with Gasteiger partial charge in [-0.2, -0.15) is 5.10 Å². The fourth-order valence-corrected chi connectivity index (χ4v) is 8.00. The van der Waals surface area contributed by atoms with Gasteiger partial charge in [0.25, 0.3) is 11.7 Å². The second-order valence-corrected chi connectivity index (χ2v) is 16.6. The van der Waals surface area contributed by atoms with Gasteiger partial charge in [0.05, 0.1) is 86.2 Å². The maximum Gasteiger partial charge on any atom is 0.312 e. The van der Waals surface area contributed by atoms with Crippen molar-refractivity contribution in [2.24, 2.45) is 28.8 Å². The van der Waals surface area contributed by atoms with E-state index in [1.165, 1.54) is 59.4 Å². The third-order valence-electron chi connectivity index (χ3n) is 12.0. The number of piperazine rings is 1. The number of hydrogen-bond donors (Lipinski definition) is 6. The molecule has 0 saturated carbocycles. The highest BCUT2D eigenvalue weighted by atomic mass is 16.7. The van der Waals surface area contributed by atoms with Gasteiger partial charge in [-0.1, -0.05) is 45.9 Å². The first-order valence-corrected chi connectivity index (χ1v) is 20.0. The summed E-state index contributed by atoms with van der Waals surface area (Å²) in [6, 6.07) is 0. The Hall–Kier alpha value is -5.20. The number of aliphatic hydroxyl groups is 2. The summed E-state index contributed by atoms with van der Waals surface area (Å²) in [5, 5.41) is 78.9. The largest absolute Gasteiger partial charge is 0.633 e. The number of phenols is 3. The molecule has 6 N–H and O–H groups in total. The summed E-state index contributed by atoms with van der Waals surface area (Å²) in [7, 11) is 2.98. The number of phenolic OH excluding ortho intramolecular Hbond substituents is 3. The lowest BCUT2D eigenvalue weighted by Gasteiger charge is -2.44. The van der Waals surface area contributed by atoms with Crippen LogP contribution in [0.4, 0.5) is 5.69 Å². The highest BCUT2D eigenvalue weighted by molar-refractivity contribution is 6.23. The molecule has 2 aromatic rings. The predicted molar refractivity (Wildman–Crippen MR) is 222 cm³/mol. The summed E-state index contributed by atoms with van der Waals surface area (Å²) in [6.07, 6.45) is 4.60. The second kappa shape index (κ2) is 17.8. The van der Waals surface area contributed by atoms with Crippen molar-refractivity contribution in [2.75, 3.05) is 45.7 Å². The van der Waals surface area contributed by atoms with Crippen LogP contribution in [-0.2, 0) is 23.8 Å². The number of hydroxylamine groups is 3. The molecular formula is C43H58N4O13. The Labute approximate surface area is 349 Å². The highest BCUT2D eigenvalue weighted by Crippen LogP contribution is 2.55. The van der Waals surface area contributed by atoms with Gasteiger partial charge < -0.3 is 59.7 Å². The molecule has 4 aliphatic rings. The number of quaternary nitrogens is 1. The molecule has 1 saturated heterocycles. The molecule has 0 aromatic heterocycles. The Bertz CT molecular complexity index is 2120. The lowest BCUT2D eigenvalue weighted by molar-refractivity contribution is -0.865. The smallest absolute Gasteiger partial charge is 0.312 e. The van der Waals surface area contributed by atoms with Gasteiger partial charge in [0, 0.05) is 61.2 Å². The summed E-state index contributed by atoms with van der Waals surface area (Å²) in [6.45, 7) is 13.4. The van der Waals surface area contributed by atoms with Gasteiger partial charge in [-0.05, 0) is 19.9 Å². The van der Waals surface area contributed by atoms with Crippen LogP contribution < -0.4 is 10.1 Å². The van der Waals surface area contributed by atoms with E-state index < -0.39 is 93.4 Å². The minimum absolute atomic E-state index is 0.0279. The van der Waals surface area contributed by atoms with Crippen LogP contribution in [0.25, 0.3) is 10.8 Å². The molecule has 4 heterocycles. The molecule has 17 nitrogen and oxygen atoms in total. The predicted octanol–water partition coefficient (Wildman–Crippen LogP) is 4.35. The van der Waals surface area contributed by atoms with Crippen LogP contribution in [0.5, 0.6) is 23.0 Å². The number of ketones is 1. The first-order valence-electron chi connectivity index (χ1n) is 20.0. The van der Waals surface area contributed by atoms with Crippen LogP contribution in [0.3, 0.4) is 0 Å². The molecule has 60 heavy (non-hydrogen) atoms. The lowest BCUT2D eigenvalue weighted by atomic mass is 9.78. The van der Waals surface area contributed by atoms with Gasteiger partial charge in [0.2, 0.25) is 0 Å². The second-order valence-electron chi connectivity index (χ2n) is 16.6. The molecule has 4 aliphatic heterocycles. The summed E-state index contributed by atoms with van der Waals surface area (Å²) in [4.78, 5) is 40.5. The molecule has 1 amide bonds. The number of benzene rings is 2. The molecule has 2 aromatic carbocycles. The average Bonchev–Trinajstić information content (AvgIpc) is 3.46. The average molecular weight is 839 g/mol. The SMILES string of the molecule is CO[C@H]1/C=C/O[C@@]2(C)Oc3c(C)c(O)c4c(O)c(c(C=NN5CC[N+](C)([O-])CC5)c(O)c4c3C2=O)NC(=O)/C(C)=C\C=C\[C@H](C)[C@H](O)[C@@H](C)[C@@H](O)[C@H](C)[C@H](OC(C)=O)[C@H]1C. The molecule has 0 aliphatic carbocycles. The zero-order valence-electron chi connectivity index (χ0n) is 35.8. The van der Waals surface area contributed by atoms with Gasteiger partial charge in [0.15, 0.2) is 5.75 Å².